The van der Waals surface area contributed by atoms with Crippen LogP contribution in [0, 0.1) is 11.8 Å². The van der Waals surface area contributed by atoms with E-state index in [1.54, 1.807) is 26.0 Å². The van der Waals surface area contributed by atoms with Crippen LogP contribution in [-0.4, -0.2) is 18.5 Å². The molecule has 136 valence electrons. The van der Waals surface area contributed by atoms with Crippen LogP contribution in [0.4, 0.5) is 0 Å². The van der Waals surface area contributed by atoms with Crippen LogP contribution in [0.2, 0.25) is 0 Å². The van der Waals surface area contributed by atoms with Gasteiger partial charge in [0.2, 0.25) is 0 Å². The summed E-state index contributed by atoms with van der Waals surface area (Å²) in [4.78, 5) is 22.8. The maximum absolute atomic E-state index is 11.5. The SMILES string of the molecule is C=C(C)C(=O)OCC#Cc1ccc(-c2ccc(OC(=O)C(=C)C)cc2)cc1. The normalized spacial score (nSPS) is 9.56. The molecule has 2 rings (SSSR count). The molecule has 0 heterocycles. The highest BCUT2D eigenvalue weighted by atomic mass is 16.5. The van der Waals surface area contributed by atoms with Crippen molar-refractivity contribution >= 4 is 11.9 Å². The van der Waals surface area contributed by atoms with Crippen LogP contribution in [0.3, 0.4) is 0 Å². The molecule has 0 aliphatic rings. The van der Waals surface area contributed by atoms with Gasteiger partial charge in [-0.2, -0.15) is 0 Å². The van der Waals surface area contributed by atoms with E-state index in [4.69, 9.17) is 9.47 Å². The third kappa shape index (κ3) is 6.02. The van der Waals surface area contributed by atoms with Gasteiger partial charge >= 0.3 is 11.9 Å². The van der Waals surface area contributed by atoms with Crippen LogP contribution in [-0.2, 0) is 14.3 Å². The average Bonchev–Trinajstić information content (AvgIpc) is 2.66. The number of carbonyl (C=O) groups is 2. The van der Waals surface area contributed by atoms with Crippen LogP contribution in [0.5, 0.6) is 5.75 Å². The van der Waals surface area contributed by atoms with E-state index in [-0.39, 0.29) is 6.61 Å². The summed E-state index contributed by atoms with van der Waals surface area (Å²) in [7, 11) is 0. The maximum atomic E-state index is 11.5. The molecule has 0 aliphatic carbocycles. The van der Waals surface area contributed by atoms with Crippen LogP contribution in [0.15, 0.2) is 72.8 Å². The first-order valence-electron chi connectivity index (χ1n) is 8.26. The molecule has 27 heavy (non-hydrogen) atoms. The smallest absolute Gasteiger partial charge is 0.338 e. The molecule has 0 bridgehead atoms. The summed E-state index contributed by atoms with van der Waals surface area (Å²) in [5.74, 6) is 5.31. The predicted molar refractivity (Wildman–Crippen MR) is 105 cm³/mol. The summed E-state index contributed by atoms with van der Waals surface area (Å²) in [6.07, 6.45) is 0. The first kappa shape index (κ1) is 19.7. The van der Waals surface area contributed by atoms with Gasteiger partial charge in [-0.3, -0.25) is 0 Å². The fourth-order valence-corrected chi connectivity index (χ4v) is 2.02. The lowest BCUT2D eigenvalue weighted by Crippen LogP contribution is -2.07. The molecule has 4 heteroatoms. The van der Waals surface area contributed by atoms with Gasteiger partial charge in [0, 0.05) is 16.7 Å². The van der Waals surface area contributed by atoms with Gasteiger partial charge in [-0.05, 0) is 49.2 Å². The molecule has 0 atom stereocenters. The van der Waals surface area contributed by atoms with Crippen molar-refractivity contribution in [2.75, 3.05) is 6.61 Å². The first-order chi connectivity index (χ1) is 12.9. The monoisotopic (exact) mass is 360 g/mol. The molecule has 0 N–H and O–H groups in total. The number of carbonyl (C=O) groups excluding carboxylic acids is 2. The van der Waals surface area contributed by atoms with Gasteiger partial charge in [0.05, 0.1) is 0 Å². The van der Waals surface area contributed by atoms with Crippen molar-refractivity contribution in [3.8, 4) is 28.7 Å². The summed E-state index contributed by atoms with van der Waals surface area (Å²) in [6.45, 7) is 10.3. The minimum atomic E-state index is -0.447. The molecule has 0 aliphatic heterocycles. The van der Waals surface area contributed by atoms with Crippen LogP contribution in [0.25, 0.3) is 11.1 Å². The van der Waals surface area contributed by atoms with Gasteiger partial charge in [-0.25, -0.2) is 9.59 Å². The van der Waals surface area contributed by atoms with Gasteiger partial charge in [0.15, 0.2) is 6.61 Å². The Bertz CT molecular complexity index is 923. The Kier molecular flexibility index (Phi) is 6.73. The van der Waals surface area contributed by atoms with E-state index in [0.717, 1.165) is 16.7 Å². The Hall–Kier alpha value is -3.58. The molecule has 0 saturated carbocycles. The number of hydrogen-bond acceptors (Lipinski definition) is 4. The largest absolute Gasteiger partial charge is 0.449 e. The van der Waals surface area contributed by atoms with Gasteiger partial charge in [0.25, 0.3) is 0 Å². The highest BCUT2D eigenvalue weighted by molar-refractivity contribution is 5.89. The molecule has 4 nitrogen and oxygen atoms in total. The second-order valence-electron chi connectivity index (χ2n) is 5.93. The number of ether oxygens (including phenoxy) is 2. The Morgan fingerprint density at radius 1 is 0.852 bits per heavy atom. The summed E-state index contributed by atoms with van der Waals surface area (Å²) in [5.41, 5.74) is 3.51. The minimum Gasteiger partial charge on any atom is -0.449 e. The number of rotatable bonds is 5. The lowest BCUT2D eigenvalue weighted by Gasteiger charge is -2.06. The Labute approximate surface area is 159 Å². The standard InChI is InChI=1S/C23H20O4/c1-16(2)22(24)26-15-5-6-18-7-9-19(10-8-18)20-11-13-21(14-12-20)27-23(25)17(3)4/h7-14H,1,3,15H2,2,4H3. The van der Waals surface area contributed by atoms with Crippen molar-refractivity contribution in [1.82, 2.24) is 0 Å². The van der Waals surface area contributed by atoms with E-state index in [9.17, 15) is 9.59 Å². The molecule has 0 saturated heterocycles. The van der Waals surface area contributed by atoms with E-state index in [1.165, 1.54) is 0 Å². The van der Waals surface area contributed by atoms with Crippen molar-refractivity contribution < 1.29 is 19.1 Å². The highest BCUT2D eigenvalue weighted by Gasteiger charge is 2.05. The Morgan fingerprint density at radius 2 is 1.37 bits per heavy atom. The summed E-state index contributed by atoms with van der Waals surface area (Å²) < 4.78 is 10.1. The van der Waals surface area contributed by atoms with Crippen molar-refractivity contribution in [2.45, 2.75) is 13.8 Å². The van der Waals surface area contributed by atoms with E-state index >= 15 is 0 Å². The van der Waals surface area contributed by atoms with Crippen molar-refractivity contribution in [2.24, 2.45) is 0 Å². The predicted octanol–water partition coefficient (Wildman–Crippen LogP) is 4.31. The molecular formula is C23H20O4. The van der Waals surface area contributed by atoms with E-state index in [0.29, 0.717) is 16.9 Å². The number of esters is 2. The third-order valence-electron chi connectivity index (χ3n) is 3.49. The first-order valence-corrected chi connectivity index (χ1v) is 8.26. The fourth-order valence-electron chi connectivity index (χ4n) is 2.02. The maximum Gasteiger partial charge on any atom is 0.338 e. The van der Waals surface area contributed by atoms with Crippen LogP contribution < -0.4 is 4.74 Å². The number of benzene rings is 2. The van der Waals surface area contributed by atoms with Crippen molar-refractivity contribution in [3.05, 3.63) is 78.4 Å². The molecule has 2 aromatic carbocycles. The lowest BCUT2D eigenvalue weighted by molar-refractivity contribution is -0.137. The zero-order chi connectivity index (χ0) is 19.8. The van der Waals surface area contributed by atoms with E-state index in [1.807, 2.05) is 36.4 Å². The van der Waals surface area contributed by atoms with Gasteiger partial charge in [0.1, 0.15) is 5.75 Å². The molecule has 0 radical (unpaired) electrons. The van der Waals surface area contributed by atoms with Gasteiger partial charge < -0.3 is 9.47 Å². The second-order valence-corrected chi connectivity index (χ2v) is 5.93. The molecule has 0 spiro atoms. The van der Waals surface area contributed by atoms with Crippen LogP contribution in [0.1, 0.15) is 19.4 Å². The van der Waals surface area contributed by atoms with E-state index < -0.39 is 11.9 Å². The zero-order valence-electron chi connectivity index (χ0n) is 15.4. The molecule has 0 unspecified atom stereocenters. The van der Waals surface area contributed by atoms with E-state index in [2.05, 4.69) is 25.0 Å². The molecule has 0 amide bonds. The van der Waals surface area contributed by atoms with Gasteiger partial charge in [-0.15, -0.1) is 0 Å². The van der Waals surface area contributed by atoms with Crippen LogP contribution >= 0.6 is 0 Å². The van der Waals surface area contributed by atoms with Crippen molar-refractivity contribution in [1.29, 1.82) is 0 Å². The summed E-state index contributed by atoms with van der Waals surface area (Å²) >= 11 is 0. The lowest BCUT2D eigenvalue weighted by atomic mass is 10.0. The highest BCUT2D eigenvalue weighted by Crippen LogP contribution is 2.23. The third-order valence-corrected chi connectivity index (χ3v) is 3.49. The van der Waals surface area contributed by atoms with Crippen molar-refractivity contribution in [3.63, 3.8) is 0 Å². The zero-order valence-corrected chi connectivity index (χ0v) is 15.4. The average molecular weight is 360 g/mol. The summed E-state index contributed by atoms with van der Waals surface area (Å²) in [5, 5.41) is 0. The van der Waals surface area contributed by atoms with Gasteiger partial charge in [-0.1, -0.05) is 49.3 Å². The molecular weight excluding hydrogens is 340 g/mol. The fraction of sp³-hybridized carbons (Fsp3) is 0.130. The second kappa shape index (κ2) is 9.21. The molecule has 0 fully saturated rings. The summed E-state index contributed by atoms with van der Waals surface area (Å²) in [6, 6.07) is 14.9. The topological polar surface area (TPSA) is 52.6 Å². The Morgan fingerprint density at radius 3 is 1.89 bits per heavy atom. The Balaban J connectivity index is 1.99. The molecule has 0 aromatic heterocycles. The minimum absolute atomic E-state index is 0.0256. The number of hydrogen-bond donors (Lipinski definition) is 0. The molecule has 2 aromatic rings. The quantitative estimate of drug-likeness (QED) is 0.345.